The summed E-state index contributed by atoms with van der Waals surface area (Å²) < 4.78 is 7.51. The Bertz CT molecular complexity index is 1190. The van der Waals surface area contributed by atoms with Crippen molar-refractivity contribution >= 4 is 34.3 Å². The predicted octanol–water partition coefficient (Wildman–Crippen LogP) is 5.89. The van der Waals surface area contributed by atoms with Gasteiger partial charge >= 0.3 is 0 Å². The summed E-state index contributed by atoms with van der Waals surface area (Å²) in [6, 6.07) is 9.08. The molecule has 1 aliphatic carbocycles. The van der Waals surface area contributed by atoms with Crippen molar-refractivity contribution < 1.29 is 14.0 Å². The molecule has 0 bridgehead atoms. The number of carbonyl (C=O) groups excluding carboxylic acids is 2. The van der Waals surface area contributed by atoms with E-state index < -0.39 is 0 Å². The molecular weight excluding hydrogens is 400 g/mol. The maximum absolute atomic E-state index is 13.2. The average molecular weight is 431 g/mol. The molecular formula is C27H30N2O3. The second kappa shape index (κ2) is 9.51. The van der Waals surface area contributed by atoms with Crippen molar-refractivity contribution in [2.24, 2.45) is 10.9 Å². The number of hydrogen-bond donors (Lipinski definition) is 0. The van der Waals surface area contributed by atoms with Crippen molar-refractivity contribution in [2.75, 3.05) is 7.05 Å². The molecule has 1 aliphatic rings. The van der Waals surface area contributed by atoms with Crippen LogP contribution in [-0.4, -0.2) is 28.9 Å². The Kier molecular flexibility index (Phi) is 6.54. The van der Waals surface area contributed by atoms with Crippen molar-refractivity contribution in [3.8, 4) is 0 Å². The van der Waals surface area contributed by atoms with Crippen molar-refractivity contribution in [2.45, 2.75) is 52.5 Å². The number of Topliss-reactive ketones (excluding diaryl/α,β-unsaturated/α-hetero) is 1. The Morgan fingerprint density at radius 3 is 2.69 bits per heavy atom. The number of ketones is 2. The zero-order chi connectivity index (χ0) is 22.7. The molecule has 5 nitrogen and oxygen atoms in total. The van der Waals surface area contributed by atoms with Gasteiger partial charge in [-0.05, 0) is 74.6 Å². The van der Waals surface area contributed by atoms with Gasteiger partial charge < -0.3 is 8.98 Å². The number of aliphatic imine (C=N–C) groups is 1. The Morgan fingerprint density at radius 1 is 1.25 bits per heavy atom. The Morgan fingerprint density at radius 2 is 2.06 bits per heavy atom. The van der Waals surface area contributed by atoms with Crippen LogP contribution in [0, 0.1) is 5.92 Å². The van der Waals surface area contributed by atoms with E-state index in [0.717, 1.165) is 47.5 Å². The number of benzene rings is 1. The zero-order valence-corrected chi connectivity index (χ0v) is 19.1. The van der Waals surface area contributed by atoms with E-state index in [1.165, 1.54) is 19.1 Å². The molecule has 0 aliphatic heterocycles. The van der Waals surface area contributed by atoms with E-state index in [-0.39, 0.29) is 18.0 Å². The summed E-state index contributed by atoms with van der Waals surface area (Å²) in [7, 11) is 1.71. The maximum Gasteiger partial charge on any atom is 0.228 e. The predicted molar refractivity (Wildman–Crippen MR) is 128 cm³/mol. The molecule has 0 atom stereocenters. The highest BCUT2D eigenvalue weighted by Gasteiger charge is 2.25. The van der Waals surface area contributed by atoms with Crippen molar-refractivity contribution in [3.05, 3.63) is 65.3 Å². The summed E-state index contributed by atoms with van der Waals surface area (Å²) in [6.07, 6.45) is 10.1. The van der Waals surface area contributed by atoms with Crippen molar-refractivity contribution in [3.63, 3.8) is 0 Å². The number of aryl methyl sites for hydroxylation is 1. The number of allylic oxidation sites excluding steroid dienone is 1. The lowest BCUT2D eigenvalue weighted by Crippen LogP contribution is -2.17. The molecule has 0 saturated heterocycles. The smallest absolute Gasteiger partial charge is 0.228 e. The van der Waals surface area contributed by atoms with Crippen LogP contribution in [0.15, 0.2) is 52.1 Å². The van der Waals surface area contributed by atoms with Gasteiger partial charge in [0.05, 0.1) is 12.0 Å². The van der Waals surface area contributed by atoms with Gasteiger partial charge in [0.25, 0.3) is 0 Å². The zero-order valence-electron chi connectivity index (χ0n) is 19.1. The van der Waals surface area contributed by atoms with Gasteiger partial charge in [-0.2, -0.15) is 0 Å². The first-order valence-corrected chi connectivity index (χ1v) is 11.4. The lowest BCUT2D eigenvalue weighted by Gasteiger charge is -2.07. The van der Waals surface area contributed by atoms with Gasteiger partial charge in [0.15, 0.2) is 11.5 Å². The first-order chi connectivity index (χ1) is 15.6. The van der Waals surface area contributed by atoms with Gasteiger partial charge in [-0.25, -0.2) is 0 Å². The number of nitrogens with zero attached hydrogens (tertiary/aromatic N) is 2. The number of hydrogen-bond acceptors (Lipinski definition) is 4. The minimum Gasteiger partial charge on any atom is -0.461 e. The molecule has 4 rings (SSSR count). The van der Waals surface area contributed by atoms with Crippen LogP contribution < -0.4 is 0 Å². The van der Waals surface area contributed by atoms with Crippen LogP contribution in [0.4, 0.5) is 0 Å². The van der Waals surface area contributed by atoms with Crippen LogP contribution in [0.1, 0.15) is 66.9 Å². The molecule has 2 aromatic heterocycles. The number of rotatable bonds is 10. The maximum atomic E-state index is 13.2. The van der Waals surface area contributed by atoms with Crippen LogP contribution in [0.25, 0.3) is 17.0 Å². The second-order valence-corrected chi connectivity index (χ2v) is 8.40. The SMILES string of the molecule is C/C=C\c1c(CC(=O)C(CCC2CC2)=NC)c2cc(C(=O)c3ccco3)ccc2n1CC. The van der Waals surface area contributed by atoms with Crippen LogP contribution in [0.2, 0.25) is 0 Å². The molecule has 0 radical (unpaired) electrons. The molecule has 2 heterocycles. The van der Waals surface area contributed by atoms with Crippen molar-refractivity contribution in [1.29, 1.82) is 0 Å². The fraction of sp³-hybridized carbons (Fsp3) is 0.370. The fourth-order valence-corrected chi connectivity index (χ4v) is 4.40. The van der Waals surface area contributed by atoms with Crippen LogP contribution in [-0.2, 0) is 17.8 Å². The Balaban J connectivity index is 1.75. The van der Waals surface area contributed by atoms with Gasteiger partial charge in [0.2, 0.25) is 5.78 Å². The Labute approximate surface area is 188 Å². The van der Waals surface area contributed by atoms with E-state index in [1.807, 2.05) is 37.3 Å². The summed E-state index contributed by atoms with van der Waals surface area (Å²) in [5, 5.41) is 0.934. The normalized spacial score (nSPS) is 14.5. The lowest BCUT2D eigenvalue weighted by atomic mass is 9.97. The van der Waals surface area contributed by atoms with E-state index in [2.05, 4.69) is 16.5 Å². The third-order valence-corrected chi connectivity index (χ3v) is 6.28. The quantitative estimate of drug-likeness (QED) is 0.297. The minimum atomic E-state index is -0.161. The van der Waals surface area contributed by atoms with Crippen molar-refractivity contribution in [1.82, 2.24) is 4.57 Å². The minimum absolute atomic E-state index is 0.0665. The molecule has 0 amide bonds. The second-order valence-electron chi connectivity index (χ2n) is 8.40. The fourth-order valence-electron chi connectivity index (χ4n) is 4.40. The lowest BCUT2D eigenvalue weighted by molar-refractivity contribution is -0.112. The molecule has 5 heteroatoms. The van der Waals surface area contributed by atoms with E-state index in [4.69, 9.17) is 4.42 Å². The van der Waals surface area contributed by atoms with Gasteiger partial charge in [-0.3, -0.25) is 14.6 Å². The highest BCUT2D eigenvalue weighted by molar-refractivity contribution is 6.40. The largest absolute Gasteiger partial charge is 0.461 e. The van der Waals surface area contributed by atoms with Gasteiger partial charge in [-0.15, -0.1) is 0 Å². The number of carbonyl (C=O) groups is 2. The van der Waals surface area contributed by atoms with Gasteiger partial charge in [0, 0.05) is 42.2 Å². The topological polar surface area (TPSA) is 64.6 Å². The van der Waals surface area contributed by atoms with Crippen LogP contribution in [0.5, 0.6) is 0 Å². The summed E-state index contributed by atoms with van der Waals surface area (Å²) in [5.74, 6) is 0.976. The van der Waals surface area contributed by atoms with Crippen LogP contribution in [0.3, 0.4) is 0 Å². The molecule has 0 spiro atoms. The Hall–Kier alpha value is -3.21. The average Bonchev–Trinajstić information content (AvgIpc) is 3.37. The molecule has 1 aromatic carbocycles. The monoisotopic (exact) mass is 430 g/mol. The third kappa shape index (κ3) is 4.38. The summed E-state index contributed by atoms with van der Waals surface area (Å²) >= 11 is 0. The molecule has 32 heavy (non-hydrogen) atoms. The molecule has 0 N–H and O–H groups in total. The highest BCUT2D eigenvalue weighted by atomic mass is 16.3. The first kappa shape index (κ1) is 22.0. The number of fused-ring (bicyclic) bond motifs is 1. The molecule has 0 unspecified atom stereocenters. The molecule has 1 saturated carbocycles. The van der Waals surface area contributed by atoms with E-state index in [9.17, 15) is 9.59 Å². The summed E-state index contributed by atoms with van der Waals surface area (Å²) in [5.41, 5.74) is 4.21. The number of aromatic nitrogens is 1. The molecule has 1 fully saturated rings. The first-order valence-electron chi connectivity index (χ1n) is 11.4. The van der Waals surface area contributed by atoms with E-state index >= 15 is 0 Å². The van der Waals surface area contributed by atoms with E-state index in [0.29, 0.717) is 17.0 Å². The van der Waals surface area contributed by atoms with Gasteiger partial charge in [-0.1, -0.05) is 18.9 Å². The van der Waals surface area contributed by atoms with Gasteiger partial charge in [0.1, 0.15) is 0 Å². The summed E-state index contributed by atoms with van der Waals surface area (Å²) in [4.78, 5) is 30.4. The van der Waals surface area contributed by atoms with E-state index in [1.54, 1.807) is 19.2 Å². The molecule has 166 valence electrons. The molecule has 3 aromatic rings. The third-order valence-electron chi connectivity index (χ3n) is 6.28. The summed E-state index contributed by atoms with van der Waals surface area (Å²) in [6.45, 7) is 4.84. The number of furan rings is 1. The highest BCUT2D eigenvalue weighted by Crippen LogP contribution is 2.34. The van der Waals surface area contributed by atoms with Crippen LogP contribution >= 0.6 is 0 Å². The standard InChI is InChI=1S/C27H30N2O3/c1-4-7-23-21(17-25(30)22(28-3)13-11-18-9-10-18)20-16-19(12-14-24(20)29(23)5-2)27(31)26-8-6-15-32-26/h4,6-8,12,14-16,18H,5,9-11,13,17H2,1-3H3/b7-4-,28-22?.